The molecule has 2 aromatic heterocycles. The molecule has 2 N–H and O–H groups in total. The summed E-state index contributed by atoms with van der Waals surface area (Å²) in [5, 5.41) is 5.42. The molecule has 2 amide bonds. The average Bonchev–Trinajstić information content (AvgIpc) is 3.51. The molecule has 9 heteroatoms. The van der Waals surface area contributed by atoms with Crippen molar-refractivity contribution in [2.24, 2.45) is 5.92 Å². The third-order valence-electron chi connectivity index (χ3n) is 4.29. The van der Waals surface area contributed by atoms with Crippen molar-refractivity contribution in [1.29, 1.82) is 0 Å². The highest BCUT2D eigenvalue weighted by Gasteiger charge is 2.29. The van der Waals surface area contributed by atoms with Gasteiger partial charge in [0.2, 0.25) is 11.8 Å². The first-order chi connectivity index (χ1) is 13.7. The highest BCUT2D eigenvalue weighted by atomic mass is 19.3. The summed E-state index contributed by atoms with van der Waals surface area (Å²) >= 11 is 0. The standard InChI is InChI=1S/C20H22F2N4O3/c1-12-3-6-17(29-11-20(2,21)22)25-15(12)10-24-18(27)14-7-8-23-16(9-14)26-19(28)13-4-5-13/h3,6-9,13H,4-5,10-11H2,1-2H3,(H,24,27)(H,23,26,28). The predicted octanol–water partition coefficient (Wildman–Crippen LogP) is 3.10. The van der Waals surface area contributed by atoms with Crippen LogP contribution in [0.2, 0.25) is 0 Å². The number of hydrogen-bond acceptors (Lipinski definition) is 5. The summed E-state index contributed by atoms with van der Waals surface area (Å²) in [6, 6.07) is 6.23. The monoisotopic (exact) mass is 404 g/mol. The fraction of sp³-hybridized carbons (Fsp3) is 0.400. The summed E-state index contributed by atoms with van der Waals surface area (Å²) in [5.74, 6) is -3.01. The second-order valence-corrected chi connectivity index (χ2v) is 7.15. The number of nitrogens with zero attached hydrogens (tertiary/aromatic N) is 2. The minimum Gasteiger partial charge on any atom is -0.471 e. The number of amides is 2. The van der Waals surface area contributed by atoms with E-state index in [-0.39, 0.29) is 30.2 Å². The number of hydrogen-bond donors (Lipinski definition) is 2. The lowest BCUT2D eigenvalue weighted by atomic mass is 10.2. The maximum absolute atomic E-state index is 12.9. The van der Waals surface area contributed by atoms with Crippen LogP contribution >= 0.6 is 0 Å². The van der Waals surface area contributed by atoms with Crippen LogP contribution in [0.3, 0.4) is 0 Å². The average molecular weight is 404 g/mol. The number of carbonyl (C=O) groups is 2. The SMILES string of the molecule is Cc1ccc(OCC(C)(F)F)nc1CNC(=O)c1ccnc(NC(=O)C2CC2)c1. The van der Waals surface area contributed by atoms with Crippen LogP contribution in [0.1, 0.15) is 41.4 Å². The van der Waals surface area contributed by atoms with E-state index in [0.717, 1.165) is 25.3 Å². The van der Waals surface area contributed by atoms with Gasteiger partial charge in [-0.05, 0) is 37.5 Å². The maximum atomic E-state index is 12.9. The Labute approximate surface area is 166 Å². The lowest BCUT2D eigenvalue weighted by Gasteiger charge is -2.13. The Morgan fingerprint density at radius 2 is 2.03 bits per heavy atom. The maximum Gasteiger partial charge on any atom is 0.278 e. The summed E-state index contributed by atoms with van der Waals surface area (Å²) in [4.78, 5) is 32.5. The molecule has 2 aromatic rings. The second kappa shape index (κ2) is 8.50. The van der Waals surface area contributed by atoms with E-state index in [1.54, 1.807) is 13.0 Å². The highest BCUT2D eigenvalue weighted by molar-refractivity contribution is 5.97. The first-order valence-electron chi connectivity index (χ1n) is 9.23. The number of ether oxygens (including phenoxy) is 1. The van der Waals surface area contributed by atoms with E-state index in [9.17, 15) is 18.4 Å². The lowest BCUT2D eigenvalue weighted by Crippen LogP contribution is -2.25. The topological polar surface area (TPSA) is 93.2 Å². The fourth-order valence-electron chi connectivity index (χ4n) is 2.49. The molecular weight excluding hydrogens is 382 g/mol. The van der Waals surface area contributed by atoms with Crippen LogP contribution in [0.25, 0.3) is 0 Å². The first kappa shape index (κ1) is 20.6. The van der Waals surface area contributed by atoms with E-state index in [1.165, 1.54) is 24.4 Å². The van der Waals surface area contributed by atoms with Crippen LogP contribution in [-0.4, -0.2) is 34.3 Å². The predicted molar refractivity (Wildman–Crippen MR) is 102 cm³/mol. The smallest absolute Gasteiger partial charge is 0.278 e. The minimum atomic E-state index is -2.96. The zero-order chi connectivity index (χ0) is 21.0. The van der Waals surface area contributed by atoms with Gasteiger partial charge in [0, 0.05) is 30.7 Å². The van der Waals surface area contributed by atoms with Gasteiger partial charge < -0.3 is 15.4 Å². The van der Waals surface area contributed by atoms with E-state index in [4.69, 9.17) is 4.74 Å². The third-order valence-corrected chi connectivity index (χ3v) is 4.29. The first-order valence-corrected chi connectivity index (χ1v) is 9.23. The number of halogens is 2. The quantitative estimate of drug-likeness (QED) is 0.705. The number of rotatable bonds is 8. The number of anilines is 1. The summed E-state index contributed by atoms with van der Waals surface area (Å²) in [5.41, 5.74) is 1.63. The van der Waals surface area contributed by atoms with Crippen molar-refractivity contribution >= 4 is 17.6 Å². The second-order valence-electron chi connectivity index (χ2n) is 7.15. The van der Waals surface area contributed by atoms with Crippen LogP contribution in [-0.2, 0) is 11.3 Å². The Morgan fingerprint density at radius 1 is 1.28 bits per heavy atom. The van der Waals surface area contributed by atoms with E-state index >= 15 is 0 Å². The van der Waals surface area contributed by atoms with E-state index in [1.807, 2.05) is 0 Å². The Bertz CT molecular complexity index is 911. The van der Waals surface area contributed by atoms with E-state index in [2.05, 4.69) is 20.6 Å². The normalized spacial score (nSPS) is 13.7. The van der Waals surface area contributed by atoms with Gasteiger partial charge in [0.05, 0.1) is 12.2 Å². The third kappa shape index (κ3) is 6.20. The minimum absolute atomic E-state index is 0.0329. The number of alkyl halides is 2. The van der Waals surface area contributed by atoms with Gasteiger partial charge >= 0.3 is 0 Å². The number of pyridine rings is 2. The molecule has 7 nitrogen and oxygen atoms in total. The molecule has 1 fully saturated rings. The molecule has 1 aliphatic rings. The van der Waals surface area contributed by atoms with Gasteiger partial charge in [-0.3, -0.25) is 9.59 Å². The van der Waals surface area contributed by atoms with Gasteiger partial charge in [0.15, 0.2) is 6.61 Å². The molecular formula is C20H22F2N4O3. The molecule has 0 aliphatic heterocycles. The lowest BCUT2D eigenvalue weighted by molar-refractivity contribution is -0.117. The Kier molecular flexibility index (Phi) is 6.05. The van der Waals surface area contributed by atoms with Gasteiger partial charge in [0.25, 0.3) is 11.8 Å². The van der Waals surface area contributed by atoms with Crippen molar-refractivity contribution in [3.63, 3.8) is 0 Å². The van der Waals surface area contributed by atoms with Crippen molar-refractivity contribution in [3.8, 4) is 5.88 Å². The van der Waals surface area contributed by atoms with Gasteiger partial charge in [-0.25, -0.2) is 18.7 Å². The molecule has 1 saturated carbocycles. The van der Waals surface area contributed by atoms with Crippen molar-refractivity contribution in [2.75, 3.05) is 11.9 Å². The van der Waals surface area contributed by atoms with Gasteiger partial charge in [0.1, 0.15) is 5.82 Å². The van der Waals surface area contributed by atoms with Crippen LogP contribution < -0.4 is 15.4 Å². The van der Waals surface area contributed by atoms with Crippen molar-refractivity contribution < 1.29 is 23.1 Å². The molecule has 154 valence electrons. The molecule has 0 radical (unpaired) electrons. The molecule has 0 aromatic carbocycles. The largest absolute Gasteiger partial charge is 0.471 e. The fourth-order valence-corrected chi connectivity index (χ4v) is 2.49. The highest BCUT2D eigenvalue weighted by Crippen LogP contribution is 2.30. The zero-order valence-electron chi connectivity index (χ0n) is 16.2. The van der Waals surface area contributed by atoms with Gasteiger partial charge in [-0.2, -0.15) is 0 Å². The number of nitrogens with one attached hydrogen (secondary N) is 2. The molecule has 0 unspecified atom stereocenters. The Balaban J connectivity index is 1.60. The summed E-state index contributed by atoms with van der Waals surface area (Å²) in [6.07, 6.45) is 3.19. The molecule has 0 spiro atoms. The zero-order valence-corrected chi connectivity index (χ0v) is 16.2. The van der Waals surface area contributed by atoms with Crippen molar-refractivity contribution in [2.45, 2.75) is 39.2 Å². The van der Waals surface area contributed by atoms with Crippen molar-refractivity contribution in [3.05, 3.63) is 47.3 Å². The van der Waals surface area contributed by atoms with E-state index < -0.39 is 12.5 Å². The number of aromatic nitrogens is 2. The van der Waals surface area contributed by atoms with Gasteiger partial charge in [-0.1, -0.05) is 6.07 Å². The molecule has 0 bridgehead atoms. The Hall–Kier alpha value is -3.10. The van der Waals surface area contributed by atoms with Crippen LogP contribution in [0.5, 0.6) is 5.88 Å². The molecule has 0 saturated heterocycles. The molecule has 3 rings (SSSR count). The molecule has 1 aliphatic carbocycles. The summed E-state index contributed by atoms with van der Waals surface area (Å²) in [6.45, 7) is 1.88. The number of carbonyl (C=O) groups excluding carboxylic acids is 2. The van der Waals surface area contributed by atoms with E-state index in [0.29, 0.717) is 17.1 Å². The van der Waals surface area contributed by atoms with Crippen LogP contribution in [0.4, 0.5) is 14.6 Å². The molecule has 29 heavy (non-hydrogen) atoms. The number of aryl methyl sites for hydroxylation is 1. The van der Waals surface area contributed by atoms with Crippen LogP contribution in [0, 0.1) is 12.8 Å². The molecule has 0 atom stereocenters. The van der Waals surface area contributed by atoms with Gasteiger partial charge in [-0.15, -0.1) is 0 Å². The summed E-state index contributed by atoms with van der Waals surface area (Å²) in [7, 11) is 0. The Morgan fingerprint density at radius 3 is 2.72 bits per heavy atom. The van der Waals surface area contributed by atoms with Crippen LogP contribution in [0.15, 0.2) is 30.5 Å². The van der Waals surface area contributed by atoms with Crippen molar-refractivity contribution in [1.82, 2.24) is 15.3 Å². The molecule has 2 heterocycles. The summed E-state index contributed by atoms with van der Waals surface area (Å²) < 4.78 is 30.9.